The van der Waals surface area contributed by atoms with Crippen molar-refractivity contribution in [1.82, 2.24) is 0 Å². The smallest absolute Gasteiger partial charge is 0.338 e. The molecule has 0 spiro atoms. The summed E-state index contributed by atoms with van der Waals surface area (Å²) in [5.74, 6) is -1.50. The molecule has 0 unspecified atom stereocenters. The lowest BCUT2D eigenvalue weighted by atomic mass is 9.88. The molecule has 182 valence electrons. The molecule has 0 fully saturated rings. The van der Waals surface area contributed by atoms with Crippen LogP contribution in [0.4, 0.5) is 0 Å². The third-order valence-electron chi connectivity index (χ3n) is 5.86. The SMILES string of the molecule is CCC(COC(=O)c1ccccc1)(COC(=O)c1ccc(C)cc1)COC(=O)c1ccc(C)cc1. The van der Waals surface area contributed by atoms with Crippen LogP contribution >= 0.6 is 0 Å². The Hall–Kier alpha value is -3.93. The second-order valence-electron chi connectivity index (χ2n) is 8.68. The van der Waals surface area contributed by atoms with Crippen LogP contribution in [0, 0.1) is 19.3 Å². The second-order valence-corrected chi connectivity index (χ2v) is 8.68. The normalized spacial score (nSPS) is 10.9. The van der Waals surface area contributed by atoms with Gasteiger partial charge in [-0.15, -0.1) is 0 Å². The lowest BCUT2D eigenvalue weighted by Gasteiger charge is -2.31. The molecule has 0 atom stereocenters. The van der Waals surface area contributed by atoms with Crippen molar-refractivity contribution in [2.75, 3.05) is 19.8 Å². The van der Waals surface area contributed by atoms with Gasteiger partial charge in [-0.25, -0.2) is 14.4 Å². The van der Waals surface area contributed by atoms with Crippen molar-refractivity contribution < 1.29 is 28.6 Å². The van der Waals surface area contributed by atoms with Crippen molar-refractivity contribution in [2.24, 2.45) is 5.41 Å². The predicted molar refractivity (Wildman–Crippen MR) is 132 cm³/mol. The molecule has 0 N–H and O–H groups in total. The van der Waals surface area contributed by atoms with E-state index in [4.69, 9.17) is 14.2 Å². The summed E-state index contributed by atoms with van der Waals surface area (Å²) in [7, 11) is 0. The number of hydrogen-bond acceptors (Lipinski definition) is 6. The number of carbonyl (C=O) groups excluding carboxylic acids is 3. The summed E-state index contributed by atoms with van der Waals surface area (Å²) in [6.07, 6.45) is 0.442. The van der Waals surface area contributed by atoms with Gasteiger partial charge in [0.25, 0.3) is 0 Å². The monoisotopic (exact) mass is 474 g/mol. The van der Waals surface area contributed by atoms with Crippen LogP contribution in [-0.4, -0.2) is 37.7 Å². The Morgan fingerprint density at radius 3 is 1.26 bits per heavy atom. The predicted octanol–water partition coefficient (Wildman–Crippen LogP) is 5.57. The summed E-state index contributed by atoms with van der Waals surface area (Å²) < 4.78 is 16.8. The zero-order valence-corrected chi connectivity index (χ0v) is 20.3. The fraction of sp³-hybridized carbons (Fsp3) is 0.276. The zero-order chi connectivity index (χ0) is 25.3. The minimum atomic E-state index is -0.912. The molecule has 0 aromatic heterocycles. The van der Waals surface area contributed by atoms with Crippen LogP contribution in [0.25, 0.3) is 0 Å². The Labute approximate surface area is 205 Å². The van der Waals surface area contributed by atoms with Crippen LogP contribution in [0.3, 0.4) is 0 Å². The Balaban J connectivity index is 1.72. The number of aryl methyl sites for hydroxylation is 2. The van der Waals surface area contributed by atoms with Crippen LogP contribution in [-0.2, 0) is 14.2 Å². The zero-order valence-electron chi connectivity index (χ0n) is 20.3. The fourth-order valence-corrected chi connectivity index (χ4v) is 3.29. The molecule has 0 aliphatic heterocycles. The van der Waals surface area contributed by atoms with Gasteiger partial charge in [-0.3, -0.25) is 0 Å². The first-order chi connectivity index (χ1) is 16.8. The number of carbonyl (C=O) groups is 3. The average molecular weight is 475 g/mol. The molecule has 3 aromatic carbocycles. The van der Waals surface area contributed by atoms with E-state index in [1.807, 2.05) is 51.1 Å². The molecule has 0 heterocycles. The van der Waals surface area contributed by atoms with E-state index in [0.29, 0.717) is 23.1 Å². The van der Waals surface area contributed by atoms with Crippen molar-refractivity contribution in [3.63, 3.8) is 0 Å². The molecular weight excluding hydrogens is 444 g/mol. The van der Waals surface area contributed by atoms with Gasteiger partial charge in [-0.2, -0.15) is 0 Å². The van der Waals surface area contributed by atoms with E-state index in [9.17, 15) is 14.4 Å². The highest BCUT2D eigenvalue weighted by Gasteiger charge is 2.34. The van der Waals surface area contributed by atoms with E-state index in [2.05, 4.69) is 0 Å². The molecule has 0 radical (unpaired) electrons. The molecule has 6 nitrogen and oxygen atoms in total. The van der Waals surface area contributed by atoms with Crippen molar-refractivity contribution in [2.45, 2.75) is 27.2 Å². The molecule has 3 aromatic rings. The first-order valence-electron chi connectivity index (χ1n) is 11.5. The Morgan fingerprint density at radius 1 is 0.571 bits per heavy atom. The summed E-state index contributed by atoms with van der Waals surface area (Å²) in [5.41, 5.74) is 2.38. The van der Waals surface area contributed by atoms with Gasteiger partial charge >= 0.3 is 17.9 Å². The molecular formula is C29H30O6. The van der Waals surface area contributed by atoms with Gasteiger partial charge in [0.1, 0.15) is 19.8 Å². The van der Waals surface area contributed by atoms with Crippen molar-refractivity contribution in [3.05, 3.63) is 107 Å². The highest BCUT2D eigenvalue weighted by molar-refractivity contribution is 5.90. The number of ether oxygens (including phenoxy) is 3. The van der Waals surface area contributed by atoms with E-state index in [0.717, 1.165) is 11.1 Å². The minimum absolute atomic E-state index is 0.0837. The van der Waals surface area contributed by atoms with E-state index in [1.54, 1.807) is 48.5 Å². The molecule has 35 heavy (non-hydrogen) atoms. The van der Waals surface area contributed by atoms with Crippen molar-refractivity contribution >= 4 is 17.9 Å². The second kappa shape index (κ2) is 12.0. The average Bonchev–Trinajstić information content (AvgIpc) is 2.89. The third kappa shape index (κ3) is 7.27. The molecule has 3 rings (SSSR count). The van der Waals surface area contributed by atoms with Gasteiger partial charge in [-0.1, -0.05) is 60.5 Å². The van der Waals surface area contributed by atoms with Crippen LogP contribution < -0.4 is 0 Å². The Bertz CT molecular complexity index is 1070. The quantitative estimate of drug-likeness (QED) is 0.282. The molecule has 0 aliphatic rings. The number of hydrogen-bond donors (Lipinski definition) is 0. The molecule has 6 heteroatoms. The molecule has 0 amide bonds. The van der Waals surface area contributed by atoms with Gasteiger partial charge in [0.2, 0.25) is 0 Å². The maximum Gasteiger partial charge on any atom is 0.338 e. The molecule has 0 saturated heterocycles. The molecule has 0 saturated carbocycles. The number of esters is 3. The van der Waals surface area contributed by atoms with E-state index >= 15 is 0 Å². The van der Waals surface area contributed by atoms with Crippen LogP contribution in [0.15, 0.2) is 78.9 Å². The van der Waals surface area contributed by atoms with E-state index < -0.39 is 23.3 Å². The highest BCUT2D eigenvalue weighted by atomic mass is 16.6. The van der Waals surface area contributed by atoms with Gasteiger partial charge in [0.05, 0.1) is 22.1 Å². The fourth-order valence-electron chi connectivity index (χ4n) is 3.29. The summed E-state index contributed by atoms with van der Waals surface area (Å²) >= 11 is 0. The summed E-state index contributed by atoms with van der Waals surface area (Å²) in [6, 6.07) is 22.7. The highest BCUT2D eigenvalue weighted by Crippen LogP contribution is 2.26. The van der Waals surface area contributed by atoms with Crippen LogP contribution in [0.5, 0.6) is 0 Å². The topological polar surface area (TPSA) is 78.9 Å². The summed E-state index contributed by atoms with van der Waals surface area (Å²) in [4.78, 5) is 37.8. The largest absolute Gasteiger partial charge is 0.461 e. The Kier molecular flexibility index (Phi) is 8.79. The number of benzene rings is 3. The van der Waals surface area contributed by atoms with E-state index in [1.165, 1.54) is 0 Å². The first-order valence-corrected chi connectivity index (χ1v) is 11.5. The first kappa shape index (κ1) is 25.7. The number of rotatable bonds is 10. The minimum Gasteiger partial charge on any atom is -0.461 e. The lowest BCUT2D eigenvalue weighted by molar-refractivity contribution is -0.0381. The molecule has 0 bridgehead atoms. The van der Waals surface area contributed by atoms with Gasteiger partial charge in [0.15, 0.2) is 0 Å². The molecule has 0 aliphatic carbocycles. The van der Waals surface area contributed by atoms with Gasteiger partial charge in [-0.05, 0) is 56.7 Å². The third-order valence-corrected chi connectivity index (χ3v) is 5.86. The lowest BCUT2D eigenvalue weighted by Crippen LogP contribution is -2.39. The maximum absolute atomic E-state index is 12.6. The summed E-state index contributed by atoms with van der Waals surface area (Å²) in [5, 5.41) is 0. The van der Waals surface area contributed by atoms with Gasteiger partial charge < -0.3 is 14.2 Å². The van der Waals surface area contributed by atoms with Gasteiger partial charge in [0, 0.05) is 0 Å². The van der Waals surface area contributed by atoms with E-state index in [-0.39, 0.29) is 19.8 Å². The maximum atomic E-state index is 12.6. The van der Waals surface area contributed by atoms with Crippen LogP contribution in [0.2, 0.25) is 0 Å². The Morgan fingerprint density at radius 2 is 0.914 bits per heavy atom. The summed E-state index contributed by atoms with van der Waals surface area (Å²) in [6.45, 7) is 5.48. The standard InChI is InChI=1S/C29H30O6/c1-4-29(18-33-26(30)23-8-6-5-7-9-23,19-34-27(31)24-14-10-21(2)11-15-24)20-35-28(32)25-16-12-22(3)13-17-25/h5-17H,4,18-20H2,1-3H3. The van der Waals surface area contributed by atoms with Crippen molar-refractivity contribution in [1.29, 1.82) is 0 Å². The van der Waals surface area contributed by atoms with Crippen LogP contribution in [0.1, 0.15) is 55.5 Å². The van der Waals surface area contributed by atoms with Crippen molar-refractivity contribution in [3.8, 4) is 0 Å².